The monoisotopic (exact) mass is 365 g/mol. The summed E-state index contributed by atoms with van der Waals surface area (Å²) in [7, 11) is 0. The number of nitrogens with zero attached hydrogens (tertiary/aromatic N) is 3. The van der Waals surface area contributed by atoms with Crippen molar-refractivity contribution in [2.75, 3.05) is 45.8 Å². The lowest BCUT2D eigenvalue weighted by molar-refractivity contribution is -0.139. The first-order chi connectivity index (χ1) is 12.0. The van der Waals surface area contributed by atoms with E-state index < -0.39 is 0 Å². The fourth-order valence-electron chi connectivity index (χ4n) is 3.05. The molecular weight excluding hydrogens is 338 g/mol. The number of hydrogen-bond donors (Lipinski definition) is 0. The Balaban J connectivity index is 1.75. The molecule has 1 aliphatic rings. The van der Waals surface area contributed by atoms with Gasteiger partial charge in [0, 0.05) is 44.2 Å². The van der Waals surface area contributed by atoms with E-state index in [1.807, 2.05) is 21.9 Å². The molecule has 1 aromatic rings. The molecule has 1 fully saturated rings. The van der Waals surface area contributed by atoms with Gasteiger partial charge in [-0.3, -0.25) is 9.59 Å². The van der Waals surface area contributed by atoms with E-state index in [-0.39, 0.29) is 11.8 Å². The maximum absolute atomic E-state index is 12.4. The van der Waals surface area contributed by atoms with Crippen molar-refractivity contribution in [2.45, 2.75) is 26.7 Å². The Morgan fingerprint density at radius 2 is 1.48 bits per heavy atom. The first-order valence-electron chi connectivity index (χ1n) is 9.05. The largest absolute Gasteiger partial charge is 0.339 e. The van der Waals surface area contributed by atoms with E-state index in [0.29, 0.717) is 44.0 Å². The number of rotatable bonds is 7. The smallest absolute Gasteiger partial charge is 0.227 e. The van der Waals surface area contributed by atoms with Crippen LogP contribution >= 0.6 is 11.6 Å². The Morgan fingerprint density at radius 3 is 2.00 bits per heavy atom. The molecule has 138 valence electrons. The zero-order valence-corrected chi connectivity index (χ0v) is 16.0. The van der Waals surface area contributed by atoms with Crippen LogP contribution in [-0.4, -0.2) is 72.3 Å². The quantitative estimate of drug-likeness (QED) is 0.744. The summed E-state index contributed by atoms with van der Waals surface area (Å²) in [5.41, 5.74) is 0.965. The number of amides is 2. The summed E-state index contributed by atoms with van der Waals surface area (Å²) in [6.07, 6.45) is 0.938. The molecule has 0 spiro atoms. The molecule has 0 unspecified atom stereocenters. The second kappa shape index (κ2) is 9.78. The van der Waals surface area contributed by atoms with Gasteiger partial charge in [0.05, 0.1) is 6.42 Å². The Morgan fingerprint density at radius 1 is 0.960 bits per heavy atom. The molecule has 0 aromatic heterocycles. The first-order valence-corrected chi connectivity index (χ1v) is 9.43. The lowest BCUT2D eigenvalue weighted by atomic mass is 10.1. The molecule has 0 radical (unpaired) electrons. The molecule has 1 aromatic carbocycles. The van der Waals surface area contributed by atoms with Crippen LogP contribution in [0, 0.1) is 0 Å². The van der Waals surface area contributed by atoms with Gasteiger partial charge in [0.2, 0.25) is 11.8 Å². The zero-order chi connectivity index (χ0) is 18.2. The van der Waals surface area contributed by atoms with E-state index in [0.717, 1.165) is 25.2 Å². The number of piperazine rings is 1. The molecule has 0 saturated carbocycles. The second-order valence-electron chi connectivity index (χ2n) is 6.34. The standard InChI is InChI=1S/C19H28ClN3O2/c1-3-21(4-2)10-9-18(24)22-11-13-23(14-12-22)19(25)15-16-5-7-17(20)8-6-16/h5-8H,3-4,9-15H2,1-2H3. The lowest BCUT2D eigenvalue weighted by Gasteiger charge is -2.35. The van der Waals surface area contributed by atoms with Crippen LogP contribution in [0.15, 0.2) is 24.3 Å². The first kappa shape index (κ1) is 19.7. The van der Waals surface area contributed by atoms with Crippen LogP contribution in [0.2, 0.25) is 5.02 Å². The van der Waals surface area contributed by atoms with Crippen LogP contribution in [0.1, 0.15) is 25.8 Å². The fraction of sp³-hybridized carbons (Fsp3) is 0.579. The molecule has 1 heterocycles. The van der Waals surface area contributed by atoms with Crippen molar-refractivity contribution in [3.8, 4) is 0 Å². The van der Waals surface area contributed by atoms with E-state index in [9.17, 15) is 9.59 Å². The summed E-state index contributed by atoms with van der Waals surface area (Å²) in [6.45, 7) is 9.45. The van der Waals surface area contributed by atoms with Gasteiger partial charge in [-0.25, -0.2) is 0 Å². The molecule has 6 heteroatoms. The average molecular weight is 366 g/mol. The van der Waals surface area contributed by atoms with Crippen molar-refractivity contribution in [2.24, 2.45) is 0 Å². The predicted octanol–water partition coefficient (Wildman–Crippen LogP) is 2.29. The molecule has 1 aliphatic heterocycles. The van der Waals surface area contributed by atoms with Gasteiger partial charge in [0.15, 0.2) is 0 Å². The molecule has 2 rings (SSSR count). The lowest BCUT2D eigenvalue weighted by Crippen LogP contribution is -2.51. The summed E-state index contributed by atoms with van der Waals surface area (Å²) >= 11 is 5.87. The zero-order valence-electron chi connectivity index (χ0n) is 15.2. The topological polar surface area (TPSA) is 43.9 Å². The normalized spacial score (nSPS) is 14.9. The molecule has 0 aliphatic carbocycles. The Kier molecular flexibility index (Phi) is 7.72. The van der Waals surface area contributed by atoms with E-state index in [1.54, 1.807) is 12.1 Å². The minimum absolute atomic E-state index is 0.109. The highest BCUT2D eigenvalue weighted by atomic mass is 35.5. The Hall–Kier alpha value is -1.59. The number of carbonyl (C=O) groups excluding carboxylic acids is 2. The third-order valence-corrected chi connectivity index (χ3v) is 5.04. The third kappa shape index (κ3) is 6.01. The molecule has 0 N–H and O–H groups in total. The van der Waals surface area contributed by atoms with Crippen LogP contribution in [-0.2, 0) is 16.0 Å². The van der Waals surface area contributed by atoms with Crippen molar-refractivity contribution < 1.29 is 9.59 Å². The maximum Gasteiger partial charge on any atom is 0.227 e. The van der Waals surface area contributed by atoms with E-state index in [2.05, 4.69) is 18.7 Å². The highest BCUT2D eigenvalue weighted by molar-refractivity contribution is 6.30. The number of halogens is 1. The van der Waals surface area contributed by atoms with Gasteiger partial charge < -0.3 is 14.7 Å². The van der Waals surface area contributed by atoms with Crippen LogP contribution in [0.4, 0.5) is 0 Å². The second-order valence-corrected chi connectivity index (χ2v) is 6.78. The van der Waals surface area contributed by atoms with Crippen LogP contribution in [0.25, 0.3) is 0 Å². The van der Waals surface area contributed by atoms with Crippen molar-refractivity contribution in [1.29, 1.82) is 0 Å². The Bertz CT molecular complexity index is 565. The van der Waals surface area contributed by atoms with Gasteiger partial charge in [-0.05, 0) is 30.8 Å². The molecule has 1 saturated heterocycles. The SMILES string of the molecule is CCN(CC)CCC(=O)N1CCN(C(=O)Cc2ccc(Cl)cc2)CC1. The highest BCUT2D eigenvalue weighted by Crippen LogP contribution is 2.12. The summed E-state index contributed by atoms with van der Waals surface area (Å²) in [6, 6.07) is 7.37. The minimum atomic E-state index is 0.109. The van der Waals surface area contributed by atoms with E-state index in [4.69, 9.17) is 11.6 Å². The average Bonchev–Trinajstić information content (AvgIpc) is 2.64. The van der Waals surface area contributed by atoms with Gasteiger partial charge in [0.1, 0.15) is 0 Å². The molecule has 0 atom stereocenters. The van der Waals surface area contributed by atoms with Gasteiger partial charge in [-0.1, -0.05) is 37.6 Å². The number of carbonyl (C=O) groups is 2. The highest BCUT2D eigenvalue weighted by Gasteiger charge is 2.24. The molecule has 25 heavy (non-hydrogen) atoms. The van der Waals surface area contributed by atoms with Crippen LogP contribution in [0.3, 0.4) is 0 Å². The van der Waals surface area contributed by atoms with Gasteiger partial charge in [0.25, 0.3) is 0 Å². The molecular formula is C19H28ClN3O2. The Labute approximate surface area is 155 Å². The number of hydrogen-bond acceptors (Lipinski definition) is 3. The van der Waals surface area contributed by atoms with Crippen LogP contribution in [0.5, 0.6) is 0 Å². The maximum atomic E-state index is 12.4. The number of benzene rings is 1. The molecule has 5 nitrogen and oxygen atoms in total. The van der Waals surface area contributed by atoms with Crippen molar-refractivity contribution in [1.82, 2.24) is 14.7 Å². The van der Waals surface area contributed by atoms with Gasteiger partial charge >= 0.3 is 0 Å². The minimum Gasteiger partial charge on any atom is -0.339 e. The summed E-state index contributed by atoms with van der Waals surface area (Å²) < 4.78 is 0. The van der Waals surface area contributed by atoms with Gasteiger partial charge in [-0.15, -0.1) is 0 Å². The van der Waals surface area contributed by atoms with Crippen molar-refractivity contribution >= 4 is 23.4 Å². The van der Waals surface area contributed by atoms with Gasteiger partial charge in [-0.2, -0.15) is 0 Å². The van der Waals surface area contributed by atoms with Crippen molar-refractivity contribution in [3.05, 3.63) is 34.9 Å². The fourth-order valence-corrected chi connectivity index (χ4v) is 3.17. The summed E-state index contributed by atoms with van der Waals surface area (Å²) in [4.78, 5) is 30.7. The summed E-state index contributed by atoms with van der Waals surface area (Å²) in [5.74, 6) is 0.300. The molecule has 2 amide bonds. The summed E-state index contributed by atoms with van der Waals surface area (Å²) in [5, 5.41) is 0.674. The predicted molar refractivity (Wildman–Crippen MR) is 101 cm³/mol. The van der Waals surface area contributed by atoms with E-state index >= 15 is 0 Å². The van der Waals surface area contributed by atoms with E-state index in [1.165, 1.54) is 0 Å². The third-order valence-electron chi connectivity index (χ3n) is 4.79. The molecule has 0 bridgehead atoms. The van der Waals surface area contributed by atoms with Crippen molar-refractivity contribution in [3.63, 3.8) is 0 Å². The van der Waals surface area contributed by atoms with Crippen LogP contribution < -0.4 is 0 Å².